The molecule has 5 heteroatoms. The third-order valence-corrected chi connectivity index (χ3v) is 8.84. The Morgan fingerprint density at radius 1 is 0.548 bits per heavy atom. The average molecular weight is 572 g/mol. The number of esters is 1. The van der Waals surface area contributed by atoms with Gasteiger partial charge < -0.3 is 19.4 Å². The zero-order chi connectivity index (χ0) is 31.0. The highest BCUT2D eigenvalue weighted by Gasteiger charge is 2.48. The quantitative estimate of drug-likeness (QED) is 0.145. The minimum absolute atomic E-state index is 0.232. The molecule has 0 amide bonds. The lowest BCUT2D eigenvalue weighted by molar-refractivity contribution is -0.147. The van der Waals surface area contributed by atoms with Gasteiger partial charge >= 0.3 is 5.97 Å². The van der Waals surface area contributed by atoms with Gasteiger partial charge in [-0.1, -0.05) is 18.2 Å². The highest BCUT2D eigenvalue weighted by atomic mass is 16.5. The molecule has 0 fully saturated rings. The number of rotatable bonds is 14. The maximum atomic E-state index is 14.9. The molecule has 5 nitrogen and oxygen atoms in total. The van der Waals surface area contributed by atoms with Crippen molar-refractivity contribution in [2.75, 3.05) is 60.6 Å². The highest BCUT2D eigenvalue weighted by Crippen LogP contribution is 2.47. The predicted molar refractivity (Wildman–Crippen MR) is 181 cm³/mol. The third-order valence-electron chi connectivity index (χ3n) is 8.84. The summed E-state index contributed by atoms with van der Waals surface area (Å²) in [6.07, 6.45) is 0. The largest absolute Gasteiger partial charge is 0.465 e. The molecule has 3 aromatic carbocycles. The van der Waals surface area contributed by atoms with Crippen LogP contribution in [0.3, 0.4) is 0 Å². The molecule has 0 saturated carbocycles. The van der Waals surface area contributed by atoms with Crippen molar-refractivity contribution in [1.82, 2.24) is 0 Å². The Kier molecular flexibility index (Phi) is 11.5. The van der Waals surface area contributed by atoms with Gasteiger partial charge in [-0.3, -0.25) is 4.79 Å². The molecule has 3 rings (SSSR count). The highest BCUT2D eigenvalue weighted by molar-refractivity contribution is 5.95. The fraction of sp³-hybridized carbons (Fsp3) is 0.486. The molecule has 228 valence electrons. The van der Waals surface area contributed by atoms with Crippen LogP contribution in [0, 0.1) is 20.8 Å². The molecule has 0 radical (unpaired) electrons. The Bertz CT molecular complexity index is 1190. The van der Waals surface area contributed by atoms with Crippen molar-refractivity contribution in [3.8, 4) is 0 Å². The van der Waals surface area contributed by atoms with Crippen molar-refractivity contribution in [3.05, 3.63) is 88.0 Å². The molecule has 0 saturated heterocycles. The van der Waals surface area contributed by atoms with Gasteiger partial charge in [0.2, 0.25) is 0 Å². The monoisotopic (exact) mass is 571 g/mol. The average Bonchev–Trinajstić information content (AvgIpc) is 2.99. The lowest BCUT2D eigenvalue weighted by atomic mass is 9.65. The van der Waals surface area contributed by atoms with E-state index in [-0.39, 0.29) is 5.97 Å². The molecule has 0 unspecified atom stereocenters. The van der Waals surface area contributed by atoms with E-state index in [1.54, 1.807) is 0 Å². The summed E-state index contributed by atoms with van der Waals surface area (Å²) < 4.78 is 6.11. The summed E-state index contributed by atoms with van der Waals surface area (Å²) in [5, 5.41) is 0. The minimum atomic E-state index is -1.16. The summed E-state index contributed by atoms with van der Waals surface area (Å²) in [4.78, 5) is 22.0. The molecule has 3 aromatic rings. The summed E-state index contributed by atoms with van der Waals surface area (Å²) in [7, 11) is 0. The summed E-state index contributed by atoms with van der Waals surface area (Å²) in [5.74, 6) is -0.232. The van der Waals surface area contributed by atoms with Crippen LogP contribution in [0.1, 0.15) is 81.8 Å². The molecule has 0 aromatic heterocycles. The van der Waals surface area contributed by atoms with Crippen LogP contribution in [-0.4, -0.2) is 51.8 Å². The van der Waals surface area contributed by atoms with Crippen LogP contribution in [0.25, 0.3) is 0 Å². The Labute approximate surface area is 255 Å². The molecule has 0 heterocycles. The summed E-state index contributed by atoms with van der Waals surface area (Å²) >= 11 is 0. The first-order valence-electron chi connectivity index (χ1n) is 15.9. The number of nitrogens with zero attached hydrogens (tertiary/aromatic N) is 3. The summed E-state index contributed by atoms with van der Waals surface area (Å²) in [5.41, 5.74) is 8.32. The number of carbonyl (C=O) groups is 1. The van der Waals surface area contributed by atoms with E-state index in [1.807, 2.05) is 6.92 Å². The summed E-state index contributed by atoms with van der Waals surface area (Å²) in [6, 6.07) is 19.8. The van der Waals surface area contributed by atoms with E-state index in [9.17, 15) is 4.79 Å². The maximum Gasteiger partial charge on any atom is 0.325 e. The summed E-state index contributed by atoms with van der Waals surface area (Å²) in [6.45, 7) is 27.0. The lowest BCUT2D eigenvalue weighted by Crippen LogP contribution is -2.42. The van der Waals surface area contributed by atoms with E-state index in [0.717, 1.165) is 89.7 Å². The standard InChI is InChI=1S/C37H53N3O2/c1-11-38(12-2)30-21-18-27(8)33(24-30)37(36(41)42-17-7,34-25-31(22-19-28(34)9)39(13-3)14-4)35-26-32(23-20-29(35)10)40(15-5)16-6/h18-26H,11-17H2,1-10H3. The number of hydrogen-bond donors (Lipinski definition) is 0. The van der Waals surface area contributed by atoms with Crippen LogP contribution in [0.2, 0.25) is 0 Å². The Morgan fingerprint density at radius 2 is 0.833 bits per heavy atom. The van der Waals surface area contributed by atoms with Crippen LogP contribution < -0.4 is 14.7 Å². The van der Waals surface area contributed by atoms with Crippen LogP contribution in [-0.2, 0) is 14.9 Å². The second-order valence-corrected chi connectivity index (χ2v) is 11.0. The molecule has 0 aliphatic rings. The van der Waals surface area contributed by atoms with Crippen molar-refractivity contribution >= 4 is 23.0 Å². The number of anilines is 3. The van der Waals surface area contributed by atoms with Crippen LogP contribution in [0.5, 0.6) is 0 Å². The van der Waals surface area contributed by atoms with E-state index in [4.69, 9.17) is 4.74 Å². The van der Waals surface area contributed by atoms with Gasteiger partial charge in [0.25, 0.3) is 0 Å². The number of aryl methyl sites for hydroxylation is 3. The Balaban J connectivity index is 2.62. The smallest absolute Gasteiger partial charge is 0.325 e. The van der Waals surface area contributed by atoms with Gasteiger partial charge in [-0.2, -0.15) is 0 Å². The SMILES string of the molecule is CCOC(=O)C(c1cc(N(CC)CC)ccc1C)(c1cc(N(CC)CC)ccc1C)c1cc(N(CC)CC)ccc1C. The number of carbonyl (C=O) groups excluding carboxylic acids is 1. The third kappa shape index (κ3) is 6.16. The van der Waals surface area contributed by atoms with Crippen molar-refractivity contribution in [1.29, 1.82) is 0 Å². The zero-order valence-corrected chi connectivity index (χ0v) is 27.8. The molecule has 42 heavy (non-hydrogen) atoms. The van der Waals surface area contributed by atoms with Gasteiger partial charge in [0, 0.05) is 56.3 Å². The lowest BCUT2D eigenvalue weighted by Gasteiger charge is -2.39. The Morgan fingerprint density at radius 3 is 1.07 bits per heavy atom. The topological polar surface area (TPSA) is 36.0 Å². The first-order valence-corrected chi connectivity index (χ1v) is 15.9. The molecular formula is C37H53N3O2. The van der Waals surface area contributed by atoms with Gasteiger partial charge in [-0.05, 0) is 139 Å². The van der Waals surface area contributed by atoms with Crippen LogP contribution >= 0.6 is 0 Å². The Hall–Kier alpha value is -3.47. The van der Waals surface area contributed by atoms with Crippen molar-refractivity contribution in [2.24, 2.45) is 0 Å². The fourth-order valence-corrected chi connectivity index (χ4v) is 6.40. The fourth-order valence-electron chi connectivity index (χ4n) is 6.40. The van der Waals surface area contributed by atoms with E-state index in [1.165, 1.54) is 0 Å². The molecule has 0 aliphatic heterocycles. The van der Waals surface area contributed by atoms with Crippen molar-refractivity contribution in [3.63, 3.8) is 0 Å². The second-order valence-electron chi connectivity index (χ2n) is 11.0. The first-order chi connectivity index (χ1) is 20.2. The number of hydrogen-bond acceptors (Lipinski definition) is 5. The predicted octanol–water partition coefficient (Wildman–Crippen LogP) is 8.05. The van der Waals surface area contributed by atoms with E-state index >= 15 is 0 Å². The second kappa shape index (κ2) is 14.6. The van der Waals surface area contributed by atoms with E-state index < -0.39 is 5.41 Å². The molecule has 0 bridgehead atoms. The van der Waals surface area contributed by atoms with Crippen LogP contribution in [0.15, 0.2) is 54.6 Å². The first kappa shape index (κ1) is 33.0. The maximum absolute atomic E-state index is 14.9. The molecule has 0 N–H and O–H groups in total. The van der Waals surface area contributed by atoms with E-state index in [0.29, 0.717) is 6.61 Å². The minimum Gasteiger partial charge on any atom is -0.465 e. The van der Waals surface area contributed by atoms with E-state index in [2.05, 4.69) is 132 Å². The number of benzene rings is 3. The van der Waals surface area contributed by atoms with Gasteiger partial charge in [-0.25, -0.2) is 0 Å². The molecule has 0 aliphatic carbocycles. The van der Waals surface area contributed by atoms with Gasteiger partial charge in [0.1, 0.15) is 5.41 Å². The molecular weight excluding hydrogens is 518 g/mol. The molecule has 0 spiro atoms. The van der Waals surface area contributed by atoms with Crippen molar-refractivity contribution in [2.45, 2.75) is 74.7 Å². The van der Waals surface area contributed by atoms with Gasteiger partial charge in [0.15, 0.2) is 0 Å². The van der Waals surface area contributed by atoms with Gasteiger partial charge in [-0.15, -0.1) is 0 Å². The number of ether oxygens (including phenoxy) is 1. The van der Waals surface area contributed by atoms with Crippen molar-refractivity contribution < 1.29 is 9.53 Å². The molecule has 0 atom stereocenters. The van der Waals surface area contributed by atoms with Gasteiger partial charge in [0.05, 0.1) is 6.61 Å². The van der Waals surface area contributed by atoms with Crippen LogP contribution in [0.4, 0.5) is 17.1 Å². The normalized spacial score (nSPS) is 11.4. The zero-order valence-electron chi connectivity index (χ0n) is 27.8.